The molecule has 0 radical (unpaired) electrons. The van der Waals surface area contributed by atoms with Gasteiger partial charge in [0.15, 0.2) is 0 Å². The number of nitrogens with two attached hydrogens (primary N) is 1. The molecule has 0 aromatic rings. The topological polar surface area (TPSA) is 58.3 Å². The summed E-state index contributed by atoms with van der Waals surface area (Å²) in [4.78, 5) is 0. The normalized spacial score (nSPS) is 32.6. The van der Waals surface area contributed by atoms with Crippen LogP contribution in [0, 0.1) is 5.92 Å². The fourth-order valence-electron chi connectivity index (χ4n) is 2.95. The predicted molar refractivity (Wildman–Crippen MR) is 68.3 cm³/mol. The molecule has 3 nitrogen and oxygen atoms in total. The third-order valence-electron chi connectivity index (χ3n) is 4.15. The molecule has 0 spiro atoms. The lowest BCUT2D eigenvalue weighted by atomic mass is 9.73. The van der Waals surface area contributed by atoms with Gasteiger partial charge in [-0.25, -0.2) is 0 Å². The van der Waals surface area contributed by atoms with Crippen LogP contribution in [0.25, 0.3) is 0 Å². The van der Waals surface area contributed by atoms with E-state index >= 15 is 0 Å². The second-order valence-corrected chi connectivity index (χ2v) is 5.42. The van der Waals surface area contributed by atoms with E-state index in [1.807, 2.05) is 0 Å². The van der Waals surface area contributed by atoms with E-state index in [0.717, 1.165) is 19.4 Å². The van der Waals surface area contributed by atoms with Crippen molar-refractivity contribution in [1.29, 1.82) is 0 Å². The van der Waals surface area contributed by atoms with E-state index in [-0.39, 0.29) is 12.1 Å². The molecular weight excluding hydrogens is 200 g/mol. The maximum Gasteiger partial charge on any atom is 0.0431 e. The zero-order valence-corrected chi connectivity index (χ0v) is 10.8. The Morgan fingerprint density at radius 2 is 2.25 bits per heavy atom. The lowest BCUT2D eigenvalue weighted by Crippen LogP contribution is -2.59. The van der Waals surface area contributed by atoms with Crippen LogP contribution < -0.4 is 11.1 Å². The van der Waals surface area contributed by atoms with E-state index in [4.69, 9.17) is 10.8 Å². The average Bonchev–Trinajstić information content (AvgIpc) is 2.29. The first kappa shape index (κ1) is 13.9. The van der Waals surface area contributed by atoms with Crippen LogP contribution in [0.1, 0.15) is 52.4 Å². The summed E-state index contributed by atoms with van der Waals surface area (Å²) in [7, 11) is 0. The van der Waals surface area contributed by atoms with E-state index in [1.165, 1.54) is 25.7 Å². The zero-order valence-electron chi connectivity index (χ0n) is 10.8. The zero-order chi connectivity index (χ0) is 12.0. The molecule has 3 unspecified atom stereocenters. The molecule has 1 rings (SSSR count). The Hall–Kier alpha value is -0.120. The summed E-state index contributed by atoms with van der Waals surface area (Å²) in [6.07, 6.45) is 7.04. The first-order chi connectivity index (χ1) is 7.64. The molecule has 0 saturated heterocycles. The standard InChI is InChI=1S/C13H28N2O/c1-11-6-3-4-8-13(11,10-14)15-12(2)7-5-9-16/h11-12,15-16H,3-10,14H2,1-2H3. The van der Waals surface area contributed by atoms with E-state index in [9.17, 15) is 0 Å². The molecule has 16 heavy (non-hydrogen) atoms. The molecule has 0 amide bonds. The molecular formula is C13H28N2O. The maximum absolute atomic E-state index is 8.84. The largest absolute Gasteiger partial charge is 0.396 e. The van der Waals surface area contributed by atoms with Gasteiger partial charge in [0, 0.05) is 24.7 Å². The van der Waals surface area contributed by atoms with E-state index < -0.39 is 0 Å². The number of aliphatic hydroxyl groups excluding tert-OH is 1. The Labute approximate surface area is 99.8 Å². The van der Waals surface area contributed by atoms with Crippen LogP contribution in [0.15, 0.2) is 0 Å². The second kappa shape index (κ2) is 6.58. The Kier molecular flexibility index (Phi) is 5.73. The number of nitrogens with one attached hydrogen (secondary N) is 1. The van der Waals surface area contributed by atoms with Gasteiger partial charge in [-0.3, -0.25) is 0 Å². The fourth-order valence-corrected chi connectivity index (χ4v) is 2.95. The van der Waals surface area contributed by atoms with Crippen LogP contribution in [0.3, 0.4) is 0 Å². The van der Waals surface area contributed by atoms with E-state index in [2.05, 4.69) is 19.2 Å². The summed E-state index contributed by atoms with van der Waals surface area (Å²) < 4.78 is 0. The van der Waals surface area contributed by atoms with Crippen molar-refractivity contribution in [2.45, 2.75) is 64.0 Å². The van der Waals surface area contributed by atoms with Gasteiger partial charge in [-0.05, 0) is 38.5 Å². The minimum Gasteiger partial charge on any atom is -0.396 e. The van der Waals surface area contributed by atoms with Crippen LogP contribution in [-0.4, -0.2) is 29.8 Å². The highest BCUT2D eigenvalue weighted by atomic mass is 16.2. The summed E-state index contributed by atoms with van der Waals surface area (Å²) in [5.74, 6) is 0.669. The Bertz CT molecular complexity index is 198. The summed E-state index contributed by atoms with van der Waals surface area (Å²) in [5.41, 5.74) is 6.14. The summed E-state index contributed by atoms with van der Waals surface area (Å²) >= 11 is 0. The van der Waals surface area contributed by atoms with Gasteiger partial charge in [-0.1, -0.05) is 19.8 Å². The molecule has 3 atom stereocenters. The van der Waals surface area contributed by atoms with Crippen LogP contribution in [0.4, 0.5) is 0 Å². The maximum atomic E-state index is 8.84. The highest BCUT2D eigenvalue weighted by molar-refractivity contribution is 4.97. The van der Waals surface area contributed by atoms with Crippen molar-refractivity contribution in [2.75, 3.05) is 13.2 Å². The molecule has 4 N–H and O–H groups in total. The van der Waals surface area contributed by atoms with Crippen LogP contribution in [0.5, 0.6) is 0 Å². The molecule has 1 aliphatic rings. The third-order valence-corrected chi connectivity index (χ3v) is 4.15. The smallest absolute Gasteiger partial charge is 0.0431 e. The summed E-state index contributed by atoms with van der Waals surface area (Å²) in [6, 6.07) is 0.455. The molecule has 0 aromatic carbocycles. The van der Waals surface area contributed by atoms with Crippen molar-refractivity contribution in [3.05, 3.63) is 0 Å². The third kappa shape index (κ3) is 3.44. The van der Waals surface area contributed by atoms with Gasteiger partial charge in [0.1, 0.15) is 0 Å². The van der Waals surface area contributed by atoms with Crippen molar-refractivity contribution in [3.8, 4) is 0 Å². The second-order valence-electron chi connectivity index (χ2n) is 5.42. The van der Waals surface area contributed by atoms with Gasteiger partial charge in [0.2, 0.25) is 0 Å². The van der Waals surface area contributed by atoms with E-state index in [0.29, 0.717) is 12.0 Å². The van der Waals surface area contributed by atoms with E-state index in [1.54, 1.807) is 0 Å². The van der Waals surface area contributed by atoms with Gasteiger partial charge in [0.05, 0.1) is 0 Å². The monoisotopic (exact) mass is 228 g/mol. The first-order valence-electron chi connectivity index (χ1n) is 6.73. The van der Waals surface area contributed by atoms with Crippen molar-refractivity contribution in [1.82, 2.24) is 5.32 Å². The molecule has 96 valence electrons. The minimum absolute atomic E-state index is 0.146. The van der Waals surface area contributed by atoms with Gasteiger partial charge >= 0.3 is 0 Å². The minimum atomic E-state index is 0.146. The average molecular weight is 228 g/mol. The van der Waals surface area contributed by atoms with Gasteiger partial charge < -0.3 is 16.2 Å². The molecule has 1 aliphatic carbocycles. The Morgan fingerprint density at radius 3 is 2.81 bits per heavy atom. The first-order valence-corrected chi connectivity index (χ1v) is 6.73. The number of aliphatic hydroxyl groups is 1. The van der Waals surface area contributed by atoms with Gasteiger partial charge in [0.25, 0.3) is 0 Å². The number of rotatable bonds is 6. The quantitative estimate of drug-likeness (QED) is 0.648. The SMILES string of the molecule is CC(CCCO)NC1(CN)CCCCC1C. The molecule has 3 heteroatoms. The number of hydrogen-bond acceptors (Lipinski definition) is 3. The molecule has 0 aliphatic heterocycles. The highest BCUT2D eigenvalue weighted by Gasteiger charge is 2.37. The highest BCUT2D eigenvalue weighted by Crippen LogP contribution is 2.33. The summed E-state index contributed by atoms with van der Waals surface area (Å²) in [5, 5.41) is 12.6. The molecule has 1 saturated carbocycles. The van der Waals surface area contributed by atoms with Crippen molar-refractivity contribution in [2.24, 2.45) is 11.7 Å². The lowest BCUT2D eigenvalue weighted by molar-refractivity contribution is 0.142. The van der Waals surface area contributed by atoms with Crippen LogP contribution in [-0.2, 0) is 0 Å². The molecule has 0 bridgehead atoms. The van der Waals surface area contributed by atoms with Crippen LogP contribution in [0.2, 0.25) is 0 Å². The lowest BCUT2D eigenvalue weighted by Gasteiger charge is -2.44. The fraction of sp³-hybridized carbons (Fsp3) is 1.00. The van der Waals surface area contributed by atoms with Gasteiger partial charge in [-0.15, -0.1) is 0 Å². The van der Waals surface area contributed by atoms with Gasteiger partial charge in [-0.2, -0.15) is 0 Å². The van der Waals surface area contributed by atoms with Crippen molar-refractivity contribution < 1.29 is 5.11 Å². The molecule has 0 aromatic heterocycles. The molecule has 1 fully saturated rings. The van der Waals surface area contributed by atoms with Crippen LogP contribution >= 0.6 is 0 Å². The van der Waals surface area contributed by atoms with Crippen molar-refractivity contribution in [3.63, 3.8) is 0 Å². The number of hydrogen-bond donors (Lipinski definition) is 3. The summed E-state index contributed by atoms with van der Waals surface area (Å²) in [6.45, 7) is 5.54. The molecule has 0 heterocycles. The predicted octanol–water partition coefficient (Wildman–Crippen LogP) is 1.64. The Balaban J connectivity index is 2.51. The van der Waals surface area contributed by atoms with Crippen molar-refractivity contribution >= 4 is 0 Å². The Morgan fingerprint density at radius 1 is 1.50 bits per heavy atom.